The van der Waals surface area contributed by atoms with E-state index < -0.39 is 5.91 Å². The first-order chi connectivity index (χ1) is 12.6. The van der Waals surface area contributed by atoms with E-state index in [1.807, 2.05) is 66.3 Å². The summed E-state index contributed by atoms with van der Waals surface area (Å²) in [5, 5.41) is 1.06. The molecule has 4 aromatic rings. The number of nitrogens with zero attached hydrogens (tertiary/aromatic N) is 2. The summed E-state index contributed by atoms with van der Waals surface area (Å²) in [4.78, 5) is 19.7. The van der Waals surface area contributed by atoms with Gasteiger partial charge in [-0.2, -0.15) is 0 Å². The number of nitrogens with one attached hydrogen (secondary N) is 1. The smallest absolute Gasteiger partial charge is 0.267 e. The van der Waals surface area contributed by atoms with Gasteiger partial charge in [0, 0.05) is 35.3 Å². The quantitative estimate of drug-likeness (QED) is 0.594. The Bertz CT molecular complexity index is 1110. The van der Waals surface area contributed by atoms with Gasteiger partial charge < -0.3 is 20.0 Å². The molecule has 6 nitrogen and oxygen atoms in total. The summed E-state index contributed by atoms with van der Waals surface area (Å²) < 4.78 is 7.22. The number of carbonyl (C=O) groups excluding carboxylic acids is 1. The van der Waals surface area contributed by atoms with Crippen LogP contribution in [0.2, 0.25) is 0 Å². The Morgan fingerprint density at radius 3 is 2.58 bits per heavy atom. The Morgan fingerprint density at radius 2 is 1.88 bits per heavy atom. The molecule has 0 saturated carbocycles. The highest BCUT2D eigenvalue weighted by atomic mass is 16.5. The number of hydrogen-bond donors (Lipinski definition) is 2. The molecule has 2 heterocycles. The van der Waals surface area contributed by atoms with Crippen LogP contribution in [0.3, 0.4) is 0 Å². The van der Waals surface area contributed by atoms with Crippen LogP contribution in [0.15, 0.2) is 54.7 Å². The number of nitrogens with two attached hydrogens (primary N) is 1. The van der Waals surface area contributed by atoms with Gasteiger partial charge in [0.25, 0.3) is 5.91 Å². The highest BCUT2D eigenvalue weighted by molar-refractivity contribution is 6.00. The molecule has 0 aliphatic heterocycles. The summed E-state index contributed by atoms with van der Waals surface area (Å²) in [7, 11) is 3.59. The van der Waals surface area contributed by atoms with Crippen LogP contribution in [0.1, 0.15) is 10.5 Å². The molecule has 0 spiro atoms. The molecule has 2 aromatic heterocycles. The van der Waals surface area contributed by atoms with Crippen molar-refractivity contribution < 1.29 is 9.53 Å². The Hall–Kier alpha value is -3.54. The number of carbonyl (C=O) groups is 1. The van der Waals surface area contributed by atoms with Crippen molar-refractivity contribution in [1.82, 2.24) is 14.5 Å². The minimum absolute atomic E-state index is 0.290. The van der Waals surface area contributed by atoms with Crippen LogP contribution in [-0.4, -0.2) is 27.6 Å². The van der Waals surface area contributed by atoms with Gasteiger partial charge in [0.05, 0.1) is 7.11 Å². The fourth-order valence-electron chi connectivity index (χ4n) is 3.17. The molecule has 1 amide bonds. The van der Waals surface area contributed by atoms with Crippen LogP contribution in [0.4, 0.5) is 0 Å². The highest BCUT2D eigenvalue weighted by Gasteiger charge is 2.19. The lowest BCUT2D eigenvalue weighted by molar-refractivity contribution is 0.0997. The molecule has 0 saturated heterocycles. The summed E-state index contributed by atoms with van der Waals surface area (Å²) in [6, 6.07) is 15.4. The molecule has 2 aromatic carbocycles. The molecule has 0 aliphatic carbocycles. The summed E-state index contributed by atoms with van der Waals surface area (Å²) in [6.07, 6.45) is 1.99. The Balaban J connectivity index is 1.89. The van der Waals surface area contributed by atoms with Crippen LogP contribution in [0.25, 0.3) is 33.5 Å². The van der Waals surface area contributed by atoms with E-state index in [1.54, 1.807) is 7.11 Å². The molecule has 0 unspecified atom stereocenters. The lowest BCUT2D eigenvalue weighted by Gasteiger charge is -2.02. The summed E-state index contributed by atoms with van der Waals surface area (Å²) in [5.74, 6) is 0.801. The molecule has 6 heteroatoms. The number of methoxy groups -OCH3 is 1. The Morgan fingerprint density at radius 1 is 1.15 bits per heavy atom. The van der Waals surface area contributed by atoms with E-state index in [4.69, 9.17) is 10.5 Å². The molecule has 4 rings (SSSR count). The molecule has 0 atom stereocenters. The van der Waals surface area contributed by atoms with Crippen LogP contribution in [-0.2, 0) is 7.05 Å². The maximum atomic E-state index is 12.0. The van der Waals surface area contributed by atoms with E-state index in [2.05, 4.69) is 9.97 Å². The van der Waals surface area contributed by atoms with Gasteiger partial charge in [0.15, 0.2) is 0 Å². The second-order valence-electron chi connectivity index (χ2n) is 6.07. The largest absolute Gasteiger partial charge is 0.497 e. The standard InChI is InChI=1S/C20H18N4O2/c1-24-11-15(14-5-3-4-6-16(14)24)20-22-17(18(23-20)19(21)25)12-7-9-13(26-2)10-8-12/h3-11H,1-2H3,(H2,21,25)(H,22,23). The molecule has 130 valence electrons. The molecule has 26 heavy (non-hydrogen) atoms. The van der Waals surface area contributed by atoms with Crippen molar-refractivity contribution in [2.24, 2.45) is 12.8 Å². The number of aromatic amines is 1. The monoisotopic (exact) mass is 346 g/mol. The summed E-state index contributed by atoms with van der Waals surface area (Å²) in [5.41, 5.74) is 9.20. The minimum Gasteiger partial charge on any atom is -0.497 e. The number of amides is 1. The molecular weight excluding hydrogens is 328 g/mol. The van der Waals surface area contributed by atoms with Crippen LogP contribution >= 0.6 is 0 Å². The number of primary amides is 1. The number of para-hydroxylation sites is 1. The third kappa shape index (κ3) is 2.52. The second-order valence-corrected chi connectivity index (χ2v) is 6.07. The average molecular weight is 346 g/mol. The van der Waals surface area contributed by atoms with Crippen molar-refractivity contribution in [3.63, 3.8) is 0 Å². The zero-order chi connectivity index (χ0) is 18.3. The van der Waals surface area contributed by atoms with Gasteiger partial charge in [0.2, 0.25) is 0 Å². The summed E-state index contributed by atoms with van der Waals surface area (Å²) >= 11 is 0. The number of ether oxygens (including phenoxy) is 1. The Kier molecular flexibility index (Phi) is 3.73. The number of hydrogen-bond acceptors (Lipinski definition) is 3. The zero-order valence-electron chi connectivity index (χ0n) is 14.5. The van der Waals surface area contributed by atoms with Gasteiger partial charge in [-0.05, 0) is 30.3 Å². The van der Waals surface area contributed by atoms with E-state index in [-0.39, 0.29) is 5.69 Å². The van der Waals surface area contributed by atoms with Crippen molar-refractivity contribution in [3.8, 4) is 28.4 Å². The van der Waals surface area contributed by atoms with Crippen molar-refractivity contribution in [3.05, 3.63) is 60.4 Å². The van der Waals surface area contributed by atoms with Gasteiger partial charge in [0.1, 0.15) is 23.0 Å². The van der Waals surface area contributed by atoms with E-state index in [0.717, 1.165) is 27.8 Å². The van der Waals surface area contributed by atoms with E-state index in [0.29, 0.717) is 11.5 Å². The number of rotatable bonds is 4. The van der Waals surface area contributed by atoms with Crippen molar-refractivity contribution in [1.29, 1.82) is 0 Å². The molecule has 0 radical (unpaired) electrons. The van der Waals surface area contributed by atoms with Crippen LogP contribution in [0.5, 0.6) is 5.75 Å². The number of fused-ring (bicyclic) bond motifs is 1. The van der Waals surface area contributed by atoms with E-state index in [9.17, 15) is 4.79 Å². The lowest BCUT2D eigenvalue weighted by atomic mass is 10.1. The van der Waals surface area contributed by atoms with Crippen LogP contribution < -0.4 is 10.5 Å². The predicted octanol–water partition coefficient (Wildman–Crippen LogP) is 3.34. The molecular formula is C20H18N4O2. The first-order valence-electron chi connectivity index (χ1n) is 8.17. The summed E-state index contributed by atoms with van der Waals surface area (Å²) in [6.45, 7) is 0. The third-order valence-electron chi connectivity index (χ3n) is 4.47. The number of aromatic nitrogens is 3. The van der Waals surface area contributed by atoms with E-state index in [1.165, 1.54) is 0 Å². The van der Waals surface area contributed by atoms with Gasteiger partial charge in [-0.15, -0.1) is 0 Å². The van der Waals surface area contributed by atoms with E-state index >= 15 is 0 Å². The molecule has 3 N–H and O–H groups in total. The average Bonchev–Trinajstić information content (AvgIpc) is 3.24. The van der Waals surface area contributed by atoms with Gasteiger partial charge in [-0.1, -0.05) is 18.2 Å². The zero-order valence-corrected chi connectivity index (χ0v) is 14.5. The SMILES string of the molecule is COc1ccc(-c2nc(-c3cn(C)c4ccccc34)[nH]c2C(N)=O)cc1. The highest BCUT2D eigenvalue weighted by Crippen LogP contribution is 2.32. The first-order valence-corrected chi connectivity index (χ1v) is 8.17. The molecule has 0 fully saturated rings. The number of imidazole rings is 1. The number of benzene rings is 2. The number of H-pyrrole nitrogens is 1. The fraction of sp³-hybridized carbons (Fsp3) is 0.100. The fourth-order valence-corrected chi connectivity index (χ4v) is 3.17. The van der Waals surface area contributed by atoms with Crippen molar-refractivity contribution in [2.45, 2.75) is 0 Å². The molecule has 0 bridgehead atoms. The Labute approximate surface area is 150 Å². The normalized spacial score (nSPS) is 11.0. The third-order valence-corrected chi connectivity index (χ3v) is 4.47. The van der Waals surface area contributed by atoms with Gasteiger partial charge >= 0.3 is 0 Å². The van der Waals surface area contributed by atoms with Crippen molar-refractivity contribution in [2.75, 3.05) is 7.11 Å². The topological polar surface area (TPSA) is 85.9 Å². The van der Waals surface area contributed by atoms with Crippen LogP contribution in [0, 0.1) is 0 Å². The second kappa shape index (κ2) is 6.07. The lowest BCUT2D eigenvalue weighted by Crippen LogP contribution is -2.12. The van der Waals surface area contributed by atoms with Gasteiger partial charge in [-0.3, -0.25) is 4.79 Å². The number of aryl methyl sites for hydroxylation is 1. The van der Waals surface area contributed by atoms with Gasteiger partial charge in [-0.25, -0.2) is 4.98 Å². The molecule has 0 aliphatic rings. The minimum atomic E-state index is -0.546. The maximum absolute atomic E-state index is 12.0. The predicted molar refractivity (Wildman–Crippen MR) is 101 cm³/mol. The van der Waals surface area contributed by atoms with Crippen molar-refractivity contribution >= 4 is 16.8 Å². The first kappa shape index (κ1) is 16.0. The maximum Gasteiger partial charge on any atom is 0.267 e.